The first-order valence-electron chi connectivity index (χ1n) is 7.58. The van der Waals surface area contributed by atoms with Crippen LogP contribution in [0.5, 0.6) is 0 Å². The molecule has 0 radical (unpaired) electrons. The Kier molecular flexibility index (Phi) is 4.39. The van der Waals surface area contributed by atoms with Gasteiger partial charge in [0.25, 0.3) is 0 Å². The summed E-state index contributed by atoms with van der Waals surface area (Å²) in [7, 11) is 0. The maximum Gasteiger partial charge on any atom is 0.410 e. The molecular weight excluding hydrogens is 240 g/mol. The maximum atomic E-state index is 12.2. The molecule has 0 aromatic carbocycles. The molecule has 2 N–H and O–H groups in total. The molecule has 0 aromatic rings. The Balaban J connectivity index is 1.94. The number of nitrogens with two attached hydrogens (primary N) is 1. The highest BCUT2D eigenvalue weighted by molar-refractivity contribution is 5.68. The first-order valence-corrected chi connectivity index (χ1v) is 7.58. The molecule has 1 saturated heterocycles. The quantitative estimate of drug-likeness (QED) is 0.856. The lowest BCUT2D eigenvalue weighted by Gasteiger charge is -2.34. The fourth-order valence-corrected chi connectivity index (χ4v) is 3.29. The van der Waals surface area contributed by atoms with E-state index in [2.05, 4.69) is 0 Å². The highest BCUT2D eigenvalue weighted by Crippen LogP contribution is 2.42. The molecule has 0 aromatic heterocycles. The SMILES string of the molecule is CC(C)(C)OC(=O)N1CC(CCN)C(C2CCC2)C1. The van der Waals surface area contributed by atoms with E-state index < -0.39 is 5.60 Å². The van der Waals surface area contributed by atoms with Gasteiger partial charge in [0.05, 0.1) is 0 Å². The third-order valence-electron chi connectivity index (χ3n) is 4.44. The standard InChI is InChI=1S/C15H28N2O2/c1-15(2,3)19-14(18)17-9-12(7-8-16)13(10-17)11-5-4-6-11/h11-13H,4-10,16H2,1-3H3. The molecule has 1 heterocycles. The van der Waals surface area contributed by atoms with Crippen LogP contribution in [-0.2, 0) is 4.74 Å². The van der Waals surface area contributed by atoms with Gasteiger partial charge in [-0.1, -0.05) is 19.3 Å². The molecule has 0 spiro atoms. The Morgan fingerprint density at radius 1 is 1.32 bits per heavy atom. The maximum absolute atomic E-state index is 12.2. The van der Waals surface area contributed by atoms with E-state index in [1.165, 1.54) is 19.3 Å². The number of rotatable bonds is 3. The number of hydrogen-bond donors (Lipinski definition) is 1. The fourth-order valence-electron chi connectivity index (χ4n) is 3.29. The van der Waals surface area contributed by atoms with Crippen LogP contribution in [0.3, 0.4) is 0 Å². The number of nitrogens with zero attached hydrogens (tertiary/aromatic N) is 1. The fraction of sp³-hybridized carbons (Fsp3) is 0.933. The third kappa shape index (κ3) is 3.62. The second kappa shape index (κ2) is 5.70. The smallest absolute Gasteiger partial charge is 0.410 e. The lowest BCUT2D eigenvalue weighted by atomic mass is 9.71. The van der Waals surface area contributed by atoms with Gasteiger partial charge in [-0.2, -0.15) is 0 Å². The first-order chi connectivity index (χ1) is 8.90. The Hall–Kier alpha value is -0.770. The van der Waals surface area contributed by atoms with Crippen molar-refractivity contribution in [1.29, 1.82) is 0 Å². The molecule has 2 unspecified atom stereocenters. The van der Waals surface area contributed by atoms with Crippen molar-refractivity contribution in [2.75, 3.05) is 19.6 Å². The van der Waals surface area contributed by atoms with E-state index in [4.69, 9.17) is 10.5 Å². The third-order valence-corrected chi connectivity index (χ3v) is 4.44. The van der Waals surface area contributed by atoms with Crippen LogP contribution in [0.1, 0.15) is 46.5 Å². The minimum Gasteiger partial charge on any atom is -0.444 e. The van der Waals surface area contributed by atoms with Crippen molar-refractivity contribution in [2.45, 2.75) is 52.1 Å². The predicted octanol–water partition coefficient (Wildman–Crippen LogP) is 2.62. The largest absolute Gasteiger partial charge is 0.444 e. The highest BCUT2D eigenvalue weighted by Gasteiger charge is 2.41. The van der Waals surface area contributed by atoms with E-state index in [9.17, 15) is 4.79 Å². The van der Waals surface area contributed by atoms with Gasteiger partial charge in [-0.25, -0.2) is 4.79 Å². The molecule has 2 aliphatic rings. The average molecular weight is 268 g/mol. The molecule has 1 saturated carbocycles. The van der Waals surface area contributed by atoms with E-state index >= 15 is 0 Å². The van der Waals surface area contributed by atoms with Crippen LogP contribution in [0.15, 0.2) is 0 Å². The molecule has 0 bridgehead atoms. The molecule has 4 heteroatoms. The van der Waals surface area contributed by atoms with Gasteiger partial charge in [-0.05, 0) is 51.5 Å². The lowest BCUT2D eigenvalue weighted by molar-refractivity contribution is 0.0276. The Morgan fingerprint density at radius 3 is 2.47 bits per heavy atom. The van der Waals surface area contributed by atoms with E-state index in [0.29, 0.717) is 11.8 Å². The van der Waals surface area contributed by atoms with Gasteiger partial charge in [0.2, 0.25) is 0 Å². The summed E-state index contributed by atoms with van der Waals surface area (Å²) in [5, 5.41) is 0. The van der Waals surface area contributed by atoms with Gasteiger partial charge in [0.1, 0.15) is 5.60 Å². The van der Waals surface area contributed by atoms with Gasteiger partial charge in [-0.3, -0.25) is 0 Å². The van der Waals surface area contributed by atoms with Crippen molar-refractivity contribution in [2.24, 2.45) is 23.5 Å². The Bertz CT molecular complexity index is 321. The van der Waals surface area contributed by atoms with E-state index in [0.717, 1.165) is 32.0 Å². The van der Waals surface area contributed by atoms with Gasteiger partial charge in [-0.15, -0.1) is 0 Å². The summed E-state index contributed by atoms with van der Waals surface area (Å²) in [6.45, 7) is 8.17. The van der Waals surface area contributed by atoms with Crippen LogP contribution in [-0.4, -0.2) is 36.2 Å². The average Bonchev–Trinajstić information content (AvgIpc) is 2.58. The normalized spacial score (nSPS) is 28.3. The predicted molar refractivity (Wildman–Crippen MR) is 75.8 cm³/mol. The molecule has 4 nitrogen and oxygen atoms in total. The van der Waals surface area contributed by atoms with Crippen LogP contribution in [0.4, 0.5) is 4.79 Å². The second-order valence-electron chi connectivity index (χ2n) is 7.08. The molecule has 110 valence electrons. The lowest BCUT2D eigenvalue weighted by Crippen LogP contribution is -2.36. The van der Waals surface area contributed by atoms with Crippen molar-refractivity contribution < 1.29 is 9.53 Å². The number of ether oxygens (including phenoxy) is 1. The van der Waals surface area contributed by atoms with Crippen molar-refractivity contribution in [3.05, 3.63) is 0 Å². The van der Waals surface area contributed by atoms with Gasteiger partial charge in [0.15, 0.2) is 0 Å². The molecule has 1 aliphatic carbocycles. The monoisotopic (exact) mass is 268 g/mol. The Labute approximate surface area is 116 Å². The zero-order valence-corrected chi connectivity index (χ0v) is 12.5. The summed E-state index contributed by atoms with van der Waals surface area (Å²) in [5.74, 6) is 2.02. The summed E-state index contributed by atoms with van der Waals surface area (Å²) in [5.41, 5.74) is 5.31. The summed E-state index contributed by atoms with van der Waals surface area (Å²) in [6, 6.07) is 0. The minimum atomic E-state index is -0.408. The number of carbonyl (C=O) groups is 1. The molecule has 2 rings (SSSR count). The molecule has 1 aliphatic heterocycles. The summed E-state index contributed by atoms with van der Waals surface area (Å²) in [4.78, 5) is 14.1. The molecule has 19 heavy (non-hydrogen) atoms. The summed E-state index contributed by atoms with van der Waals surface area (Å²) in [6.07, 6.45) is 4.88. The van der Waals surface area contributed by atoms with E-state index in [1.807, 2.05) is 25.7 Å². The molecule has 1 amide bonds. The van der Waals surface area contributed by atoms with Crippen LogP contribution in [0.2, 0.25) is 0 Å². The molecular formula is C15H28N2O2. The minimum absolute atomic E-state index is 0.156. The number of likely N-dealkylation sites (tertiary alicyclic amines) is 1. The Morgan fingerprint density at radius 2 is 2.00 bits per heavy atom. The zero-order chi connectivity index (χ0) is 14.0. The van der Waals surface area contributed by atoms with Gasteiger partial charge < -0.3 is 15.4 Å². The molecule has 2 fully saturated rings. The number of hydrogen-bond acceptors (Lipinski definition) is 3. The summed E-state index contributed by atoms with van der Waals surface area (Å²) >= 11 is 0. The van der Waals surface area contributed by atoms with E-state index in [1.54, 1.807) is 0 Å². The number of carbonyl (C=O) groups excluding carboxylic acids is 1. The topological polar surface area (TPSA) is 55.6 Å². The van der Waals surface area contributed by atoms with Crippen molar-refractivity contribution >= 4 is 6.09 Å². The van der Waals surface area contributed by atoms with Crippen LogP contribution in [0, 0.1) is 17.8 Å². The van der Waals surface area contributed by atoms with Crippen molar-refractivity contribution in [3.8, 4) is 0 Å². The number of amides is 1. The van der Waals surface area contributed by atoms with Gasteiger partial charge in [0, 0.05) is 13.1 Å². The van der Waals surface area contributed by atoms with E-state index in [-0.39, 0.29) is 6.09 Å². The molecule has 2 atom stereocenters. The zero-order valence-electron chi connectivity index (χ0n) is 12.5. The van der Waals surface area contributed by atoms with Crippen molar-refractivity contribution in [3.63, 3.8) is 0 Å². The second-order valence-corrected chi connectivity index (χ2v) is 7.08. The van der Waals surface area contributed by atoms with Crippen LogP contribution >= 0.6 is 0 Å². The van der Waals surface area contributed by atoms with Crippen LogP contribution < -0.4 is 5.73 Å². The summed E-state index contributed by atoms with van der Waals surface area (Å²) < 4.78 is 5.48. The highest BCUT2D eigenvalue weighted by atomic mass is 16.6. The van der Waals surface area contributed by atoms with Crippen LogP contribution in [0.25, 0.3) is 0 Å². The van der Waals surface area contributed by atoms with Gasteiger partial charge >= 0.3 is 6.09 Å². The first kappa shape index (κ1) is 14.6. The van der Waals surface area contributed by atoms with Crippen molar-refractivity contribution in [1.82, 2.24) is 4.90 Å².